The van der Waals surface area contributed by atoms with Crippen LogP contribution >= 0.6 is 45.3 Å². The van der Waals surface area contributed by atoms with Gasteiger partial charge in [-0.15, -0.1) is 45.3 Å². The van der Waals surface area contributed by atoms with Gasteiger partial charge in [-0.1, -0.05) is 26.2 Å². The molecule has 4 heterocycles. The van der Waals surface area contributed by atoms with Gasteiger partial charge in [-0.3, -0.25) is 0 Å². The lowest BCUT2D eigenvalue weighted by Crippen LogP contribution is -2.03. The molecule has 4 aromatic heterocycles. The normalized spacial score (nSPS) is 11.1. The van der Waals surface area contributed by atoms with Gasteiger partial charge < -0.3 is 14.2 Å². The summed E-state index contributed by atoms with van der Waals surface area (Å²) in [5.74, 6) is 0.276. The van der Waals surface area contributed by atoms with Crippen molar-refractivity contribution in [1.29, 1.82) is 0 Å². The molecule has 0 bridgehead atoms. The van der Waals surface area contributed by atoms with Crippen LogP contribution in [-0.4, -0.2) is 31.8 Å². The highest BCUT2D eigenvalue weighted by atomic mass is 32.1. The van der Waals surface area contributed by atoms with E-state index in [1.165, 1.54) is 12.8 Å². The molecule has 0 saturated carbocycles. The van der Waals surface area contributed by atoms with Crippen molar-refractivity contribution in [3.8, 4) is 46.1 Å². The molecule has 0 amide bonds. The summed E-state index contributed by atoms with van der Waals surface area (Å²) < 4.78 is 17.1. The molecular formula is C35H36O5S4. The highest BCUT2D eigenvalue weighted by Gasteiger charge is 2.21. The fourth-order valence-corrected chi connectivity index (χ4v) is 9.09. The number of carbonyl (C=O) groups excluding carboxylic acids is 2. The molecule has 0 saturated heterocycles. The Hall–Kier alpha value is -3.24. The molecule has 0 spiro atoms. The Kier molecular flexibility index (Phi) is 11.1. The summed E-state index contributed by atoms with van der Waals surface area (Å²) in [6.07, 6.45) is 4.52. The first-order valence-electron chi connectivity index (χ1n) is 14.9. The van der Waals surface area contributed by atoms with Crippen LogP contribution in [-0.2, 0) is 9.47 Å². The lowest BCUT2D eigenvalue weighted by Gasteiger charge is -2.15. The summed E-state index contributed by atoms with van der Waals surface area (Å²) in [7, 11) is 0. The topological polar surface area (TPSA) is 61.8 Å². The zero-order chi connectivity index (χ0) is 31.1. The summed E-state index contributed by atoms with van der Waals surface area (Å²) in [6, 6.07) is 16.4. The number of thiophene rings is 4. The fraction of sp³-hybridized carbons (Fsp3) is 0.314. The molecule has 5 aromatic rings. The van der Waals surface area contributed by atoms with Crippen LogP contribution in [0.3, 0.4) is 0 Å². The van der Waals surface area contributed by atoms with E-state index in [1.54, 1.807) is 45.3 Å². The van der Waals surface area contributed by atoms with E-state index in [1.807, 2.05) is 36.7 Å². The number of ether oxygens (including phenoxy) is 3. The fourth-order valence-electron chi connectivity index (χ4n) is 4.93. The summed E-state index contributed by atoms with van der Waals surface area (Å²) in [6.45, 7) is 9.33. The van der Waals surface area contributed by atoms with Crippen LogP contribution in [0.1, 0.15) is 72.7 Å². The molecule has 5 rings (SSSR count). The highest BCUT2D eigenvalue weighted by molar-refractivity contribution is 7.24. The van der Waals surface area contributed by atoms with Gasteiger partial charge in [0.15, 0.2) is 0 Å². The zero-order valence-corrected chi connectivity index (χ0v) is 28.7. The maximum absolute atomic E-state index is 12.5. The molecule has 0 aliphatic carbocycles. The van der Waals surface area contributed by atoms with Gasteiger partial charge in [-0.2, -0.15) is 0 Å². The van der Waals surface area contributed by atoms with Crippen LogP contribution in [0.4, 0.5) is 0 Å². The first-order chi connectivity index (χ1) is 21.4. The predicted molar refractivity (Wildman–Crippen MR) is 186 cm³/mol. The molecule has 0 aliphatic heterocycles. The minimum atomic E-state index is -0.290. The average Bonchev–Trinajstić information content (AvgIpc) is 3.84. The number of hydrogen-bond acceptors (Lipinski definition) is 9. The number of aryl methyl sites for hydroxylation is 1. The van der Waals surface area contributed by atoms with E-state index >= 15 is 0 Å². The van der Waals surface area contributed by atoms with E-state index in [2.05, 4.69) is 50.2 Å². The van der Waals surface area contributed by atoms with Crippen molar-refractivity contribution in [2.24, 2.45) is 0 Å². The molecule has 9 heteroatoms. The predicted octanol–water partition coefficient (Wildman–Crippen LogP) is 11.2. The minimum Gasteiger partial charge on any atom is -0.493 e. The van der Waals surface area contributed by atoms with E-state index in [0.29, 0.717) is 30.9 Å². The van der Waals surface area contributed by atoms with Crippen LogP contribution in [0.25, 0.3) is 40.4 Å². The molecule has 230 valence electrons. The van der Waals surface area contributed by atoms with Gasteiger partial charge in [0.05, 0.1) is 40.7 Å². The second-order valence-corrected chi connectivity index (χ2v) is 14.2. The van der Waals surface area contributed by atoms with Crippen molar-refractivity contribution in [1.82, 2.24) is 0 Å². The van der Waals surface area contributed by atoms with Crippen molar-refractivity contribution in [3.05, 3.63) is 76.0 Å². The quantitative estimate of drug-likeness (QED) is 0.0873. The van der Waals surface area contributed by atoms with Gasteiger partial charge in [0.25, 0.3) is 0 Å². The van der Waals surface area contributed by atoms with Crippen molar-refractivity contribution >= 4 is 57.3 Å². The van der Waals surface area contributed by atoms with Crippen molar-refractivity contribution < 1.29 is 23.8 Å². The molecule has 0 atom stereocenters. The number of rotatable bonds is 14. The number of carbonyl (C=O) groups is 2. The van der Waals surface area contributed by atoms with E-state index in [0.717, 1.165) is 64.5 Å². The number of benzene rings is 1. The zero-order valence-electron chi connectivity index (χ0n) is 25.4. The molecule has 1 aromatic carbocycles. The Balaban J connectivity index is 1.49. The Morgan fingerprint density at radius 3 is 1.75 bits per heavy atom. The molecule has 0 aliphatic rings. The van der Waals surface area contributed by atoms with Gasteiger partial charge in [0.2, 0.25) is 0 Å². The summed E-state index contributed by atoms with van der Waals surface area (Å²) in [4.78, 5) is 31.2. The van der Waals surface area contributed by atoms with Crippen LogP contribution in [0.15, 0.2) is 59.3 Å². The Labute approximate surface area is 275 Å². The van der Waals surface area contributed by atoms with Crippen LogP contribution in [0.5, 0.6) is 5.75 Å². The summed E-state index contributed by atoms with van der Waals surface area (Å²) in [5.41, 5.74) is 4.52. The lowest BCUT2D eigenvalue weighted by molar-refractivity contribution is 0.0518. The van der Waals surface area contributed by atoms with Crippen LogP contribution < -0.4 is 4.74 Å². The molecule has 0 radical (unpaired) electrons. The monoisotopic (exact) mass is 664 g/mol. The Morgan fingerprint density at radius 2 is 1.20 bits per heavy atom. The van der Waals surface area contributed by atoms with Gasteiger partial charge in [-0.05, 0) is 97.6 Å². The van der Waals surface area contributed by atoms with E-state index in [9.17, 15) is 9.59 Å². The van der Waals surface area contributed by atoms with Gasteiger partial charge in [0, 0.05) is 25.1 Å². The standard InChI is InChI=1S/C35H36O5S4/c1-5-8-9-10-17-40-27-21-25(28-11-13-30(43-28)32-23(15-18-41-32)34(36)38-6-2)22(4)20-26(27)29-12-14-31(44-29)33-24(16-19-42-33)35(37)39-7-3/h11-16,18-21H,5-10,17H2,1-4H3. The first-order valence-corrected chi connectivity index (χ1v) is 18.3. The Bertz CT molecular complexity index is 1720. The number of unbranched alkanes of at least 4 members (excludes halogenated alkanes) is 3. The number of hydrogen-bond donors (Lipinski definition) is 0. The summed E-state index contributed by atoms with van der Waals surface area (Å²) >= 11 is 6.44. The van der Waals surface area contributed by atoms with E-state index in [-0.39, 0.29) is 11.9 Å². The smallest absolute Gasteiger partial charge is 0.339 e. The maximum atomic E-state index is 12.5. The van der Waals surface area contributed by atoms with Crippen LogP contribution in [0, 0.1) is 6.92 Å². The third kappa shape index (κ3) is 7.18. The highest BCUT2D eigenvalue weighted by Crippen LogP contribution is 2.46. The average molecular weight is 665 g/mol. The molecule has 0 N–H and O–H groups in total. The summed E-state index contributed by atoms with van der Waals surface area (Å²) in [5, 5.41) is 3.87. The minimum absolute atomic E-state index is 0.287. The second-order valence-electron chi connectivity index (χ2n) is 10.2. The van der Waals surface area contributed by atoms with E-state index < -0.39 is 0 Å². The number of esters is 2. The molecule has 5 nitrogen and oxygen atoms in total. The molecule has 0 fully saturated rings. The third-order valence-electron chi connectivity index (χ3n) is 7.09. The van der Waals surface area contributed by atoms with E-state index in [4.69, 9.17) is 14.2 Å². The SMILES string of the molecule is CCCCCCOc1cc(-c2ccc(-c3sccc3C(=O)OCC)s2)c(C)cc1-c1ccc(-c2sccc2C(=O)OCC)s1. The Morgan fingerprint density at radius 1 is 0.659 bits per heavy atom. The molecule has 44 heavy (non-hydrogen) atoms. The van der Waals surface area contributed by atoms with Crippen molar-refractivity contribution in [2.75, 3.05) is 19.8 Å². The van der Waals surface area contributed by atoms with Crippen molar-refractivity contribution in [2.45, 2.75) is 53.4 Å². The van der Waals surface area contributed by atoms with Gasteiger partial charge in [-0.25, -0.2) is 9.59 Å². The lowest BCUT2D eigenvalue weighted by atomic mass is 10.0. The van der Waals surface area contributed by atoms with Gasteiger partial charge in [0.1, 0.15) is 5.75 Å². The maximum Gasteiger partial charge on any atom is 0.339 e. The van der Waals surface area contributed by atoms with Gasteiger partial charge >= 0.3 is 11.9 Å². The molecular weight excluding hydrogens is 629 g/mol. The molecule has 0 unspecified atom stereocenters. The second kappa shape index (κ2) is 15.2. The first kappa shape index (κ1) is 32.2. The van der Waals surface area contributed by atoms with Crippen molar-refractivity contribution in [3.63, 3.8) is 0 Å². The van der Waals surface area contributed by atoms with Crippen LogP contribution in [0.2, 0.25) is 0 Å². The third-order valence-corrected chi connectivity index (χ3v) is 11.5. The largest absolute Gasteiger partial charge is 0.493 e.